The van der Waals surface area contributed by atoms with Gasteiger partial charge in [-0.15, -0.1) is 0 Å². The number of amides is 2. The first-order valence-electron chi connectivity index (χ1n) is 9.39. The number of fused-ring (bicyclic) bond motifs is 2. The van der Waals surface area contributed by atoms with Gasteiger partial charge in [0.25, 0.3) is 11.8 Å². The molecule has 6 heteroatoms. The van der Waals surface area contributed by atoms with E-state index in [0.717, 1.165) is 37.0 Å². The van der Waals surface area contributed by atoms with Crippen LogP contribution >= 0.6 is 0 Å². The molecule has 1 heterocycles. The molecule has 0 spiro atoms. The summed E-state index contributed by atoms with van der Waals surface area (Å²) in [5.74, 6) is 0.460. The van der Waals surface area contributed by atoms with Crippen LogP contribution in [-0.2, 0) is 4.79 Å². The number of nitrogens with zero attached hydrogens (tertiary/aromatic N) is 1. The summed E-state index contributed by atoms with van der Waals surface area (Å²) in [5, 5.41) is 2.98. The van der Waals surface area contributed by atoms with E-state index < -0.39 is 5.91 Å². The third-order valence-electron chi connectivity index (χ3n) is 5.38. The monoisotopic (exact) mass is 378 g/mol. The number of carbonyl (C=O) groups is 2. The Morgan fingerprint density at radius 2 is 2.00 bits per heavy atom. The second kappa shape index (κ2) is 7.46. The van der Waals surface area contributed by atoms with Gasteiger partial charge in [0.1, 0.15) is 0 Å². The molecule has 0 radical (unpaired) electrons. The highest BCUT2D eigenvalue weighted by Crippen LogP contribution is 2.38. The molecule has 144 valence electrons. The average molecular weight is 378 g/mol. The molecule has 1 unspecified atom stereocenters. The van der Waals surface area contributed by atoms with Crippen LogP contribution in [0.15, 0.2) is 58.3 Å². The van der Waals surface area contributed by atoms with Crippen molar-refractivity contribution in [2.75, 3.05) is 14.2 Å². The third-order valence-corrected chi connectivity index (χ3v) is 5.38. The number of nitrogens with one attached hydrogen (secondary N) is 1. The van der Waals surface area contributed by atoms with Gasteiger partial charge in [0.2, 0.25) is 0 Å². The first-order valence-corrected chi connectivity index (χ1v) is 9.39. The Bertz CT molecular complexity index is 969. The lowest BCUT2D eigenvalue weighted by Crippen LogP contribution is -2.37. The summed E-state index contributed by atoms with van der Waals surface area (Å²) in [6, 6.07) is 5.10. The second-order valence-corrected chi connectivity index (χ2v) is 6.98. The average Bonchev–Trinajstić information content (AvgIpc) is 2.73. The number of rotatable bonds is 3. The number of para-hydroxylation sites is 1. The Balaban J connectivity index is 1.64. The number of aliphatic imine (C=N–C) groups is 1. The molecule has 0 fully saturated rings. The van der Waals surface area contributed by atoms with E-state index in [1.165, 1.54) is 19.8 Å². The summed E-state index contributed by atoms with van der Waals surface area (Å²) in [7, 11) is 3.01. The van der Waals surface area contributed by atoms with Gasteiger partial charge in [0.15, 0.2) is 11.5 Å². The Hall–Kier alpha value is -3.15. The van der Waals surface area contributed by atoms with Gasteiger partial charge in [-0.3, -0.25) is 9.59 Å². The minimum atomic E-state index is -0.426. The highest BCUT2D eigenvalue weighted by molar-refractivity contribution is 6.15. The molecule has 4 rings (SSSR count). The van der Waals surface area contributed by atoms with E-state index in [9.17, 15) is 9.59 Å². The molecule has 2 amide bonds. The zero-order chi connectivity index (χ0) is 19.7. The van der Waals surface area contributed by atoms with Crippen molar-refractivity contribution in [3.05, 3.63) is 58.8 Å². The lowest BCUT2D eigenvalue weighted by Gasteiger charge is -2.33. The smallest absolute Gasteiger partial charge is 0.281 e. The zero-order valence-corrected chi connectivity index (χ0v) is 16.0. The molecule has 1 N–H and O–H groups in total. The van der Waals surface area contributed by atoms with E-state index in [1.54, 1.807) is 24.3 Å². The van der Waals surface area contributed by atoms with Crippen molar-refractivity contribution >= 4 is 17.5 Å². The van der Waals surface area contributed by atoms with E-state index in [4.69, 9.17) is 9.47 Å². The maximum atomic E-state index is 12.7. The van der Waals surface area contributed by atoms with Crippen molar-refractivity contribution in [2.24, 2.45) is 10.9 Å². The molecule has 0 saturated carbocycles. The van der Waals surface area contributed by atoms with Crippen molar-refractivity contribution < 1.29 is 19.1 Å². The van der Waals surface area contributed by atoms with Gasteiger partial charge in [0.05, 0.1) is 25.5 Å². The molecule has 0 saturated heterocycles. The van der Waals surface area contributed by atoms with Gasteiger partial charge in [-0.25, -0.2) is 4.99 Å². The number of allylic oxidation sites excluding steroid dienone is 3. The topological polar surface area (TPSA) is 77.0 Å². The summed E-state index contributed by atoms with van der Waals surface area (Å²) in [6.45, 7) is 0. The molecule has 3 aliphatic rings. The molecular formula is C22H22N2O4. The van der Waals surface area contributed by atoms with Crippen LogP contribution < -0.4 is 14.8 Å². The van der Waals surface area contributed by atoms with Crippen LogP contribution in [0.3, 0.4) is 0 Å². The van der Waals surface area contributed by atoms with E-state index >= 15 is 0 Å². The van der Waals surface area contributed by atoms with E-state index in [0.29, 0.717) is 22.8 Å². The highest BCUT2D eigenvalue weighted by Gasteiger charge is 2.33. The minimum Gasteiger partial charge on any atom is -0.493 e. The van der Waals surface area contributed by atoms with Crippen molar-refractivity contribution in [1.82, 2.24) is 5.32 Å². The van der Waals surface area contributed by atoms with Crippen LogP contribution in [0.2, 0.25) is 0 Å². The molecule has 1 atom stereocenters. The van der Waals surface area contributed by atoms with Crippen molar-refractivity contribution in [3.8, 4) is 11.5 Å². The summed E-state index contributed by atoms with van der Waals surface area (Å²) >= 11 is 0. The van der Waals surface area contributed by atoms with E-state index in [2.05, 4.69) is 10.3 Å². The summed E-state index contributed by atoms with van der Waals surface area (Å²) in [5.41, 5.74) is 3.75. The number of hydrogen-bond acceptors (Lipinski definition) is 4. The predicted octanol–water partition coefficient (Wildman–Crippen LogP) is 3.36. The van der Waals surface area contributed by atoms with E-state index in [1.807, 2.05) is 12.2 Å². The fourth-order valence-electron chi connectivity index (χ4n) is 4.05. The molecule has 0 aromatic heterocycles. The number of methoxy groups -OCH3 is 2. The molecule has 2 aliphatic carbocycles. The Morgan fingerprint density at radius 1 is 1.18 bits per heavy atom. The van der Waals surface area contributed by atoms with Crippen molar-refractivity contribution in [1.29, 1.82) is 0 Å². The fraction of sp³-hybridized carbons (Fsp3) is 0.318. The molecule has 1 aliphatic heterocycles. The third kappa shape index (κ3) is 3.15. The van der Waals surface area contributed by atoms with Crippen molar-refractivity contribution in [3.63, 3.8) is 0 Å². The fourth-order valence-corrected chi connectivity index (χ4v) is 4.05. The van der Waals surface area contributed by atoms with Gasteiger partial charge in [-0.05, 0) is 55.5 Å². The first kappa shape index (κ1) is 18.2. The number of hydrogen-bond donors (Lipinski definition) is 1. The maximum absolute atomic E-state index is 12.7. The van der Waals surface area contributed by atoms with Gasteiger partial charge >= 0.3 is 0 Å². The first-order chi connectivity index (χ1) is 13.6. The lowest BCUT2D eigenvalue weighted by atomic mass is 9.77. The Morgan fingerprint density at radius 3 is 2.79 bits per heavy atom. The number of ether oxygens (including phenoxy) is 2. The van der Waals surface area contributed by atoms with E-state index in [-0.39, 0.29) is 11.8 Å². The van der Waals surface area contributed by atoms with Crippen LogP contribution in [0.4, 0.5) is 0 Å². The number of carbonyl (C=O) groups excluding carboxylic acids is 2. The molecule has 6 nitrogen and oxygen atoms in total. The molecular weight excluding hydrogens is 356 g/mol. The predicted molar refractivity (Wildman–Crippen MR) is 106 cm³/mol. The van der Waals surface area contributed by atoms with Crippen LogP contribution in [0, 0.1) is 5.92 Å². The zero-order valence-electron chi connectivity index (χ0n) is 16.0. The SMILES string of the molecule is COc1cccc(C(=O)N=C2C=CC3C(=C2)NC(=O)C2=C3CCCC2)c1OC. The summed E-state index contributed by atoms with van der Waals surface area (Å²) in [6.07, 6.45) is 9.60. The van der Waals surface area contributed by atoms with Crippen LogP contribution in [-0.4, -0.2) is 31.7 Å². The van der Waals surface area contributed by atoms with Gasteiger partial charge in [-0.2, -0.15) is 0 Å². The number of benzene rings is 1. The standard InChI is InChI=1S/C22H22N2O4/c1-27-19-9-5-8-17(20(19)28-2)22(26)23-13-10-11-15-14-6-3-4-7-16(14)21(25)24-18(15)12-13/h5,8-12,15H,3-4,6-7H2,1-2H3,(H,24,25). The quantitative estimate of drug-likeness (QED) is 0.875. The molecule has 1 aromatic carbocycles. The van der Waals surface area contributed by atoms with Crippen LogP contribution in [0.1, 0.15) is 36.0 Å². The van der Waals surface area contributed by atoms with Gasteiger partial charge in [-0.1, -0.05) is 12.1 Å². The normalized spacial score (nSPS) is 22.2. The molecule has 1 aromatic rings. The minimum absolute atomic E-state index is 0.0207. The highest BCUT2D eigenvalue weighted by atomic mass is 16.5. The largest absolute Gasteiger partial charge is 0.493 e. The van der Waals surface area contributed by atoms with Crippen LogP contribution in [0.5, 0.6) is 11.5 Å². The molecule has 0 bridgehead atoms. The summed E-state index contributed by atoms with van der Waals surface area (Å²) in [4.78, 5) is 29.4. The van der Waals surface area contributed by atoms with Crippen LogP contribution in [0.25, 0.3) is 0 Å². The van der Waals surface area contributed by atoms with Crippen molar-refractivity contribution in [2.45, 2.75) is 25.7 Å². The second-order valence-electron chi connectivity index (χ2n) is 6.98. The maximum Gasteiger partial charge on any atom is 0.281 e. The lowest BCUT2D eigenvalue weighted by molar-refractivity contribution is -0.117. The van der Waals surface area contributed by atoms with Gasteiger partial charge in [0, 0.05) is 17.2 Å². The van der Waals surface area contributed by atoms with Gasteiger partial charge < -0.3 is 14.8 Å². The Kier molecular flexibility index (Phi) is 4.86. The molecule has 28 heavy (non-hydrogen) atoms. The summed E-state index contributed by atoms with van der Waals surface area (Å²) < 4.78 is 10.6. The Labute approximate surface area is 163 Å².